The molecule has 0 saturated heterocycles. The Morgan fingerprint density at radius 2 is 2.00 bits per heavy atom. The average molecular weight is 332 g/mol. The lowest BCUT2D eigenvalue weighted by molar-refractivity contribution is -0.0580. The van der Waals surface area contributed by atoms with E-state index in [9.17, 15) is 13.2 Å². The van der Waals surface area contributed by atoms with E-state index < -0.39 is 21.9 Å². The lowest BCUT2D eigenvalue weighted by Gasteiger charge is -2.11. The second-order valence-corrected chi connectivity index (χ2v) is 5.05. The number of alkyl halides is 4. The molecular formula is C7H3Br2F3N2. The number of hydrogen-bond donors (Lipinski definition) is 0. The van der Waals surface area contributed by atoms with Crippen LogP contribution in [0.1, 0.15) is 6.92 Å². The molecule has 0 aromatic heterocycles. The molecule has 0 aliphatic carbocycles. The maximum Gasteiger partial charge on any atom is 0.434 e. The molecule has 0 saturated carbocycles. The fraction of sp³-hybridized carbons (Fsp3) is 0.429. The molecular weight excluding hydrogens is 329 g/mol. The minimum Gasteiger partial charge on any atom is -0.256 e. The molecule has 1 atom stereocenters. The summed E-state index contributed by atoms with van der Waals surface area (Å²) in [5.41, 5.74) is -1.62. The summed E-state index contributed by atoms with van der Waals surface area (Å²) in [6.07, 6.45) is -4.60. The number of aliphatic imine (C=N–C) groups is 1. The van der Waals surface area contributed by atoms with E-state index in [0.29, 0.717) is 0 Å². The van der Waals surface area contributed by atoms with Gasteiger partial charge in [0, 0.05) is 0 Å². The lowest BCUT2D eigenvalue weighted by atomic mass is 10.2. The fourth-order valence-corrected chi connectivity index (χ4v) is 1.69. The molecule has 14 heavy (non-hydrogen) atoms. The molecule has 0 aromatic carbocycles. The van der Waals surface area contributed by atoms with Gasteiger partial charge in [-0.2, -0.15) is 18.4 Å². The first kappa shape index (κ1) is 11.7. The van der Waals surface area contributed by atoms with Gasteiger partial charge in [0.25, 0.3) is 0 Å². The van der Waals surface area contributed by atoms with Crippen LogP contribution in [0.15, 0.2) is 15.0 Å². The zero-order valence-electron chi connectivity index (χ0n) is 6.78. The fourth-order valence-electron chi connectivity index (χ4n) is 0.954. The number of rotatable bonds is 0. The Balaban J connectivity index is 3.33. The van der Waals surface area contributed by atoms with Gasteiger partial charge in [0.1, 0.15) is 10.5 Å². The number of halogens is 5. The van der Waals surface area contributed by atoms with Gasteiger partial charge in [-0.3, -0.25) is 4.99 Å². The van der Waals surface area contributed by atoms with E-state index in [0.717, 1.165) is 0 Å². The van der Waals surface area contributed by atoms with Crippen LogP contribution in [0.3, 0.4) is 0 Å². The first-order valence-electron chi connectivity index (χ1n) is 3.37. The lowest BCUT2D eigenvalue weighted by Crippen LogP contribution is -2.23. The van der Waals surface area contributed by atoms with E-state index in [-0.39, 0.29) is 4.48 Å². The highest BCUT2D eigenvalue weighted by Gasteiger charge is 2.47. The standard InChI is InChI=1S/C7H3Br2F3N2/c1-6(9)4(8)3(2-13)5(14-6)7(10,11)12/h1H3. The van der Waals surface area contributed by atoms with Crippen LogP contribution in [0.4, 0.5) is 13.2 Å². The van der Waals surface area contributed by atoms with E-state index in [4.69, 9.17) is 5.26 Å². The van der Waals surface area contributed by atoms with Gasteiger partial charge in [-0.1, -0.05) is 31.9 Å². The summed E-state index contributed by atoms with van der Waals surface area (Å²) in [6.45, 7) is 1.42. The topological polar surface area (TPSA) is 36.1 Å². The number of hydrogen-bond acceptors (Lipinski definition) is 2. The van der Waals surface area contributed by atoms with Gasteiger partial charge >= 0.3 is 6.18 Å². The molecule has 1 unspecified atom stereocenters. The predicted octanol–water partition coefficient (Wildman–Crippen LogP) is 3.29. The van der Waals surface area contributed by atoms with Crippen molar-refractivity contribution >= 4 is 37.6 Å². The quantitative estimate of drug-likeness (QED) is 0.495. The summed E-state index contributed by atoms with van der Waals surface area (Å²) in [5, 5.41) is 8.56. The Morgan fingerprint density at radius 3 is 2.29 bits per heavy atom. The second kappa shape index (κ2) is 3.35. The van der Waals surface area contributed by atoms with Gasteiger partial charge in [-0.05, 0) is 6.92 Å². The SMILES string of the molecule is CC1(Br)N=C(C(F)(F)F)C(C#N)=C1Br. The minimum absolute atomic E-state index is 0.0971. The molecule has 0 fully saturated rings. The molecule has 1 heterocycles. The minimum atomic E-state index is -4.60. The Morgan fingerprint density at radius 1 is 1.50 bits per heavy atom. The zero-order chi connectivity index (χ0) is 11.1. The van der Waals surface area contributed by atoms with Crippen molar-refractivity contribution in [3.63, 3.8) is 0 Å². The Kier molecular flexibility index (Phi) is 2.80. The highest BCUT2D eigenvalue weighted by atomic mass is 79.9. The molecule has 0 N–H and O–H groups in total. The smallest absolute Gasteiger partial charge is 0.256 e. The zero-order valence-corrected chi connectivity index (χ0v) is 9.96. The van der Waals surface area contributed by atoms with Gasteiger partial charge in [-0.15, -0.1) is 0 Å². The van der Waals surface area contributed by atoms with Crippen LogP contribution in [0.2, 0.25) is 0 Å². The van der Waals surface area contributed by atoms with Crippen molar-refractivity contribution in [1.82, 2.24) is 0 Å². The largest absolute Gasteiger partial charge is 0.434 e. The van der Waals surface area contributed by atoms with Gasteiger partial charge in [0.2, 0.25) is 0 Å². The van der Waals surface area contributed by atoms with Crippen molar-refractivity contribution in [3.05, 3.63) is 10.1 Å². The van der Waals surface area contributed by atoms with Crippen LogP contribution in [0.25, 0.3) is 0 Å². The molecule has 76 valence electrons. The summed E-state index contributed by atoms with van der Waals surface area (Å²) in [7, 11) is 0. The van der Waals surface area contributed by atoms with Gasteiger partial charge < -0.3 is 0 Å². The number of nitrogens with zero attached hydrogens (tertiary/aromatic N) is 2. The van der Waals surface area contributed by atoms with Gasteiger partial charge in [0.05, 0.1) is 10.1 Å². The summed E-state index contributed by atoms with van der Waals surface area (Å²) in [4.78, 5) is 3.39. The first-order valence-corrected chi connectivity index (χ1v) is 4.95. The molecule has 1 aliphatic heterocycles. The number of allylic oxidation sites excluding steroid dienone is 1. The van der Waals surface area contributed by atoms with Crippen molar-refractivity contribution in [1.29, 1.82) is 5.26 Å². The van der Waals surface area contributed by atoms with Crippen LogP contribution < -0.4 is 0 Å². The normalized spacial score (nSPS) is 27.6. The molecule has 1 rings (SSSR count). The molecule has 2 nitrogen and oxygen atoms in total. The van der Waals surface area contributed by atoms with E-state index in [1.165, 1.54) is 13.0 Å². The van der Waals surface area contributed by atoms with Crippen LogP contribution in [0.5, 0.6) is 0 Å². The van der Waals surface area contributed by atoms with Gasteiger partial charge in [-0.25, -0.2) is 0 Å². The summed E-state index contributed by atoms with van der Waals surface area (Å²) in [6, 6.07) is 1.48. The van der Waals surface area contributed by atoms with E-state index in [1.54, 1.807) is 0 Å². The molecule has 7 heteroatoms. The highest BCUT2D eigenvalue weighted by molar-refractivity contribution is 9.14. The predicted molar refractivity (Wildman–Crippen MR) is 52.4 cm³/mol. The molecule has 0 bridgehead atoms. The maximum absolute atomic E-state index is 12.4. The van der Waals surface area contributed by atoms with Crippen molar-refractivity contribution < 1.29 is 13.2 Å². The Bertz CT molecular complexity index is 373. The number of nitriles is 1. The third-order valence-corrected chi connectivity index (χ3v) is 3.83. The molecule has 0 spiro atoms. The second-order valence-electron chi connectivity index (χ2n) is 2.71. The van der Waals surface area contributed by atoms with E-state index >= 15 is 0 Å². The summed E-state index contributed by atoms with van der Waals surface area (Å²) < 4.78 is 36.0. The maximum atomic E-state index is 12.4. The Labute approximate surface area is 94.8 Å². The highest BCUT2D eigenvalue weighted by Crippen LogP contribution is 2.43. The van der Waals surface area contributed by atoms with E-state index in [1.807, 2.05) is 0 Å². The first-order chi connectivity index (χ1) is 6.20. The van der Waals surface area contributed by atoms with Crippen LogP contribution in [-0.2, 0) is 0 Å². The van der Waals surface area contributed by atoms with Crippen molar-refractivity contribution in [2.24, 2.45) is 4.99 Å². The van der Waals surface area contributed by atoms with Gasteiger partial charge in [0.15, 0.2) is 5.71 Å². The molecule has 0 aromatic rings. The summed E-state index contributed by atoms with van der Waals surface area (Å²) >= 11 is 5.89. The van der Waals surface area contributed by atoms with Crippen molar-refractivity contribution in [2.45, 2.75) is 17.5 Å². The monoisotopic (exact) mass is 330 g/mol. The van der Waals surface area contributed by atoms with E-state index in [2.05, 4.69) is 36.9 Å². The molecule has 1 aliphatic rings. The van der Waals surface area contributed by atoms with Crippen LogP contribution in [0, 0.1) is 11.3 Å². The van der Waals surface area contributed by atoms with Crippen molar-refractivity contribution in [3.8, 4) is 6.07 Å². The summed E-state index contributed by atoms with van der Waals surface area (Å²) in [5.74, 6) is 0. The average Bonchev–Trinajstić information content (AvgIpc) is 2.23. The van der Waals surface area contributed by atoms with Crippen LogP contribution in [-0.4, -0.2) is 16.3 Å². The van der Waals surface area contributed by atoms with Crippen LogP contribution >= 0.6 is 31.9 Å². The molecule has 0 radical (unpaired) electrons. The third-order valence-electron chi connectivity index (χ3n) is 1.56. The Hall–Kier alpha value is -0.350. The van der Waals surface area contributed by atoms with Crippen molar-refractivity contribution in [2.75, 3.05) is 0 Å². The third kappa shape index (κ3) is 1.86. The molecule has 0 amide bonds.